The van der Waals surface area contributed by atoms with E-state index in [-0.39, 0.29) is 0 Å². The van der Waals surface area contributed by atoms with Crippen molar-refractivity contribution >= 4 is 5.69 Å². The summed E-state index contributed by atoms with van der Waals surface area (Å²) in [7, 11) is 4.25. The van der Waals surface area contributed by atoms with Crippen molar-refractivity contribution in [1.82, 2.24) is 10.2 Å². The van der Waals surface area contributed by atoms with E-state index in [1.54, 1.807) is 0 Å². The van der Waals surface area contributed by atoms with Gasteiger partial charge in [-0.3, -0.25) is 0 Å². The average molecular weight is 247 g/mol. The van der Waals surface area contributed by atoms with Gasteiger partial charge in [0.05, 0.1) is 0 Å². The number of rotatable bonds is 5. The van der Waals surface area contributed by atoms with Crippen LogP contribution in [0.2, 0.25) is 0 Å². The van der Waals surface area contributed by atoms with Gasteiger partial charge >= 0.3 is 0 Å². The number of nitrogens with zero attached hydrogens (tertiary/aromatic N) is 2. The van der Waals surface area contributed by atoms with Crippen molar-refractivity contribution in [3.63, 3.8) is 0 Å². The Bertz CT molecular complexity index is 339. The van der Waals surface area contributed by atoms with Crippen molar-refractivity contribution in [2.75, 3.05) is 45.2 Å². The Morgan fingerprint density at radius 2 is 2.11 bits per heavy atom. The first-order chi connectivity index (χ1) is 8.79. The van der Waals surface area contributed by atoms with Gasteiger partial charge in [0.1, 0.15) is 0 Å². The maximum Gasteiger partial charge on any atom is 0.0364 e. The summed E-state index contributed by atoms with van der Waals surface area (Å²) in [6.45, 7) is 4.70. The Hall–Kier alpha value is -1.06. The zero-order valence-electron chi connectivity index (χ0n) is 11.6. The fourth-order valence-corrected chi connectivity index (χ4v) is 2.60. The molecule has 0 aromatic heterocycles. The largest absolute Gasteiger partial charge is 0.373 e. The Morgan fingerprint density at radius 1 is 1.33 bits per heavy atom. The molecule has 0 saturated carbocycles. The summed E-state index contributed by atoms with van der Waals surface area (Å²) in [4.78, 5) is 4.91. The number of hydrogen-bond acceptors (Lipinski definition) is 3. The lowest BCUT2D eigenvalue weighted by atomic mass is 10.1. The average Bonchev–Trinajstić information content (AvgIpc) is 2.46. The molecule has 1 fully saturated rings. The molecule has 0 bridgehead atoms. The summed E-state index contributed by atoms with van der Waals surface area (Å²) in [5.41, 5.74) is 1.31. The lowest BCUT2D eigenvalue weighted by molar-refractivity contribution is 0.199. The predicted molar refractivity (Wildman–Crippen MR) is 78.2 cm³/mol. The minimum absolute atomic E-state index is 0.681. The summed E-state index contributed by atoms with van der Waals surface area (Å²) in [6, 6.07) is 11.3. The molecule has 18 heavy (non-hydrogen) atoms. The van der Waals surface area contributed by atoms with E-state index in [4.69, 9.17) is 0 Å². The topological polar surface area (TPSA) is 18.5 Å². The van der Waals surface area contributed by atoms with E-state index < -0.39 is 0 Å². The van der Waals surface area contributed by atoms with Crippen LogP contribution in [-0.4, -0.2) is 51.2 Å². The van der Waals surface area contributed by atoms with Gasteiger partial charge < -0.3 is 15.1 Å². The minimum atomic E-state index is 0.681. The second kappa shape index (κ2) is 6.76. The molecular weight excluding hydrogens is 222 g/mol. The number of likely N-dealkylation sites (N-methyl/N-ethyl adjacent to an activating group) is 2. The number of hydrogen-bond donors (Lipinski definition) is 1. The first kappa shape index (κ1) is 13.4. The normalized spacial score (nSPS) is 20.9. The van der Waals surface area contributed by atoms with E-state index >= 15 is 0 Å². The smallest absolute Gasteiger partial charge is 0.0364 e. The summed E-state index contributed by atoms with van der Waals surface area (Å²) < 4.78 is 0. The van der Waals surface area contributed by atoms with Gasteiger partial charge in [-0.1, -0.05) is 18.2 Å². The maximum atomic E-state index is 3.40. The molecule has 100 valence electrons. The third-order valence-electron chi connectivity index (χ3n) is 3.86. The Morgan fingerprint density at radius 3 is 2.83 bits per heavy atom. The highest BCUT2D eigenvalue weighted by atomic mass is 15.2. The quantitative estimate of drug-likeness (QED) is 0.856. The van der Waals surface area contributed by atoms with Crippen LogP contribution in [0.1, 0.15) is 12.8 Å². The van der Waals surface area contributed by atoms with Gasteiger partial charge in [0.25, 0.3) is 0 Å². The van der Waals surface area contributed by atoms with Crippen molar-refractivity contribution in [1.29, 1.82) is 0 Å². The van der Waals surface area contributed by atoms with E-state index in [2.05, 4.69) is 59.5 Å². The molecule has 3 heteroatoms. The lowest BCUT2D eigenvalue weighted by Crippen LogP contribution is -2.46. The highest BCUT2D eigenvalue weighted by Crippen LogP contribution is 2.12. The Balaban J connectivity index is 1.77. The van der Waals surface area contributed by atoms with Crippen LogP contribution in [0.3, 0.4) is 0 Å². The molecule has 1 aliphatic rings. The fourth-order valence-electron chi connectivity index (χ4n) is 2.60. The summed E-state index contributed by atoms with van der Waals surface area (Å²) >= 11 is 0. The van der Waals surface area contributed by atoms with Gasteiger partial charge in [-0.15, -0.1) is 0 Å². The first-order valence-corrected chi connectivity index (χ1v) is 6.95. The number of likely N-dealkylation sites (tertiary alicyclic amines) is 1. The summed E-state index contributed by atoms with van der Waals surface area (Å²) in [5, 5.41) is 3.40. The molecule has 0 amide bonds. The van der Waals surface area contributed by atoms with Crippen molar-refractivity contribution < 1.29 is 0 Å². The lowest BCUT2D eigenvalue weighted by Gasteiger charge is -2.33. The third-order valence-corrected chi connectivity index (χ3v) is 3.86. The molecule has 0 radical (unpaired) electrons. The van der Waals surface area contributed by atoms with E-state index in [0.29, 0.717) is 6.04 Å². The van der Waals surface area contributed by atoms with Crippen LogP contribution in [0.5, 0.6) is 0 Å². The first-order valence-electron chi connectivity index (χ1n) is 6.95. The molecule has 0 aliphatic carbocycles. The van der Waals surface area contributed by atoms with Gasteiger partial charge in [-0.2, -0.15) is 0 Å². The molecule has 1 heterocycles. The molecule has 0 spiro atoms. The highest BCUT2D eigenvalue weighted by Gasteiger charge is 2.18. The van der Waals surface area contributed by atoms with Gasteiger partial charge in [0.2, 0.25) is 0 Å². The number of benzene rings is 1. The van der Waals surface area contributed by atoms with Crippen molar-refractivity contribution in [2.45, 2.75) is 18.9 Å². The van der Waals surface area contributed by atoms with Crippen LogP contribution in [0.4, 0.5) is 5.69 Å². The second-order valence-corrected chi connectivity index (χ2v) is 5.19. The monoisotopic (exact) mass is 247 g/mol. The number of anilines is 1. The highest BCUT2D eigenvalue weighted by molar-refractivity contribution is 5.44. The second-order valence-electron chi connectivity index (χ2n) is 5.19. The predicted octanol–water partition coefficient (Wildman–Crippen LogP) is 1.81. The van der Waals surface area contributed by atoms with Crippen molar-refractivity contribution in [2.24, 2.45) is 0 Å². The zero-order chi connectivity index (χ0) is 12.8. The van der Waals surface area contributed by atoms with Crippen LogP contribution in [0, 0.1) is 0 Å². The molecule has 1 saturated heterocycles. The van der Waals surface area contributed by atoms with Gasteiger partial charge in [-0.25, -0.2) is 0 Å². The number of piperidine rings is 1. The fraction of sp³-hybridized carbons (Fsp3) is 0.600. The SMILES string of the molecule is CNC1CCCN(CCN(C)c2ccccc2)C1. The van der Waals surface area contributed by atoms with Crippen molar-refractivity contribution in [3.05, 3.63) is 30.3 Å². The summed E-state index contributed by atoms with van der Waals surface area (Å²) in [5.74, 6) is 0. The van der Waals surface area contributed by atoms with Crippen LogP contribution in [0.15, 0.2) is 30.3 Å². The molecule has 1 aromatic carbocycles. The van der Waals surface area contributed by atoms with Crippen LogP contribution in [-0.2, 0) is 0 Å². The zero-order valence-corrected chi connectivity index (χ0v) is 11.6. The number of para-hydroxylation sites is 1. The molecule has 1 aliphatic heterocycles. The van der Waals surface area contributed by atoms with E-state index in [1.165, 1.54) is 31.6 Å². The van der Waals surface area contributed by atoms with E-state index in [1.807, 2.05) is 0 Å². The van der Waals surface area contributed by atoms with Gasteiger partial charge in [0.15, 0.2) is 0 Å². The standard InChI is InChI=1S/C15H25N3/c1-16-14-7-6-10-18(13-14)12-11-17(2)15-8-4-3-5-9-15/h3-5,8-9,14,16H,6-7,10-13H2,1-2H3. The van der Waals surface area contributed by atoms with Crippen LogP contribution < -0.4 is 10.2 Å². The molecular formula is C15H25N3. The maximum absolute atomic E-state index is 3.40. The molecule has 3 nitrogen and oxygen atoms in total. The molecule has 1 unspecified atom stereocenters. The van der Waals surface area contributed by atoms with Crippen LogP contribution >= 0.6 is 0 Å². The summed E-state index contributed by atoms with van der Waals surface area (Å²) in [6.07, 6.45) is 2.64. The van der Waals surface area contributed by atoms with E-state index in [0.717, 1.165) is 13.1 Å². The van der Waals surface area contributed by atoms with Crippen molar-refractivity contribution in [3.8, 4) is 0 Å². The van der Waals surface area contributed by atoms with Crippen LogP contribution in [0.25, 0.3) is 0 Å². The Labute approximate surface area is 111 Å². The Kier molecular flexibility index (Phi) is 5.02. The molecule has 2 rings (SSSR count). The minimum Gasteiger partial charge on any atom is -0.373 e. The van der Waals surface area contributed by atoms with Gasteiger partial charge in [0, 0.05) is 38.4 Å². The molecule has 1 atom stereocenters. The molecule has 1 N–H and O–H groups in total. The van der Waals surface area contributed by atoms with Gasteiger partial charge in [-0.05, 0) is 38.6 Å². The third kappa shape index (κ3) is 3.72. The van der Waals surface area contributed by atoms with E-state index in [9.17, 15) is 0 Å². The molecule has 1 aromatic rings. The number of nitrogens with one attached hydrogen (secondary N) is 1.